The number of nitrogens with zero attached hydrogens (tertiary/aromatic N) is 8. The van der Waals surface area contributed by atoms with Gasteiger partial charge < -0.3 is 5.32 Å². The minimum Gasteiger partial charge on any atom is -0.306 e. The fourth-order valence-corrected chi connectivity index (χ4v) is 4.29. The molecule has 0 spiro atoms. The molecule has 5 heterocycles. The number of fused-ring (bicyclic) bond motifs is 3. The molecule has 0 saturated carbocycles. The van der Waals surface area contributed by atoms with E-state index in [0.29, 0.717) is 12.1 Å². The zero-order valence-corrected chi connectivity index (χ0v) is 19.9. The molecule has 0 radical (unpaired) electrons. The van der Waals surface area contributed by atoms with Crippen molar-refractivity contribution in [2.24, 2.45) is 0 Å². The smallest absolute Gasteiger partial charge is 0.306 e. The fourth-order valence-electron chi connectivity index (χ4n) is 4.11. The number of amides is 2. The number of urea groups is 1. The lowest BCUT2D eigenvalue weighted by Gasteiger charge is -2.28. The third-order valence-electron chi connectivity index (χ3n) is 6.07. The van der Waals surface area contributed by atoms with Gasteiger partial charge in [0.05, 0.1) is 46.9 Å². The van der Waals surface area contributed by atoms with Crippen molar-refractivity contribution in [3.8, 4) is 5.82 Å². The van der Waals surface area contributed by atoms with Gasteiger partial charge in [0.1, 0.15) is 5.41 Å². The Morgan fingerprint density at radius 3 is 2.59 bits per heavy atom. The molecule has 1 N–H and O–H groups in total. The van der Waals surface area contributed by atoms with E-state index >= 15 is 0 Å². The van der Waals surface area contributed by atoms with Crippen molar-refractivity contribution < 1.29 is 26.7 Å². The molecule has 0 aromatic carbocycles. The number of rotatable bonds is 4. The van der Waals surface area contributed by atoms with E-state index in [1.54, 1.807) is 0 Å². The lowest BCUT2D eigenvalue weighted by Crippen LogP contribution is -2.46. The van der Waals surface area contributed by atoms with Crippen LogP contribution in [0.4, 0.5) is 38.1 Å². The minimum absolute atomic E-state index is 0.0707. The summed E-state index contributed by atoms with van der Waals surface area (Å²) in [4.78, 5) is 22.9. The maximum Gasteiger partial charge on any atom is 0.401 e. The van der Waals surface area contributed by atoms with E-state index in [9.17, 15) is 26.7 Å². The largest absolute Gasteiger partial charge is 0.401 e. The van der Waals surface area contributed by atoms with Crippen molar-refractivity contribution in [2.45, 2.75) is 38.3 Å². The van der Waals surface area contributed by atoms with Gasteiger partial charge in [0.25, 0.3) is 6.43 Å². The average Bonchev–Trinajstić information content (AvgIpc) is 3.53. The van der Waals surface area contributed by atoms with Crippen molar-refractivity contribution in [3.63, 3.8) is 0 Å². The van der Waals surface area contributed by atoms with Gasteiger partial charge in [-0.1, -0.05) is 18.5 Å². The maximum absolute atomic E-state index is 14.2. The maximum atomic E-state index is 14.2. The number of alkyl halides is 5. The second-order valence-corrected chi connectivity index (χ2v) is 8.88. The van der Waals surface area contributed by atoms with Crippen LogP contribution in [0.1, 0.15) is 37.2 Å². The number of aromatic nitrogens is 7. The van der Waals surface area contributed by atoms with Crippen LogP contribution in [0.2, 0.25) is 5.15 Å². The molecule has 1 atom stereocenters. The number of nitrogens with one attached hydrogen (secondary N) is 1. The van der Waals surface area contributed by atoms with E-state index in [1.165, 1.54) is 12.3 Å². The van der Waals surface area contributed by atoms with Crippen molar-refractivity contribution in [2.75, 3.05) is 16.8 Å². The number of carbonyl (C=O) groups is 1. The molecule has 10 nitrogen and oxygen atoms in total. The van der Waals surface area contributed by atoms with E-state index in [-0.39, 0.29) is 33.7 Å². The van der Waals surface area contributed by atoms with Crippen LogP contribution in [0.25, 0.3) is 11.5 Å². The highest BCUT2D eigenvalue weighted by Crippen LogP contribution is 2.50. The average molecular weight is 542 g/mol. The van der Waals surface area contributed by atoms with Gasteiger partial charge in [-0.25, -0.2) is 28.1 Å². The molecule has 1 aliphatic rings. The third kappa shape index (κ3) is 4.02. The number of hydrogen-bond acceptors (Lipinski definition) is 6. The van der Waals surface area contributed by atoms with E-state index in [4.69, 9.17) is 11.6 Å². The first-order valence-corrected chi connectivity index (χ1v) is 11.2. The molecule has 5 rings (SSSR count). The highest BCUT2D eigenvalue weighted by molar-refractivity contribution is 6.29. The fraction of sp³-hybridized carbons (Fsp3) is 0.333. The number of aryl methyl sites for hydroxylation is 1. The summed E-state index contributed by atoms with van der Waals surface area (Å²) in [7, 11) is 0. The molecule has 1 aliphatic heterocycles. The quantitative estimate of drug-likeness (QED) is 0.374. The predicted octanol–water partition coefficient (Wildman–Crippen LogP) is 4.73. The molecule has 0 saturated heterocycles. The number of pyridine rings is 1. The van der Waals surface area contributed by atoms with Crippen LogP contribution in [-0.4, -0.2) is 53.3 Å². The molecular weight excluding hydrogens is 525 g/mol. The summed E-state index contributed by atoms with van der Waals surface area (Å²) < 4.78 is 71.3. The van der Waals surface area contributed by atoms with Gasteiger partial charge in [0.2, 0.25) is 0 Å². The Hall–Kier alpha value is -3.88. The van der Waals surface area contributed by atoms with Crippen LogP contribution in [0.3, 0.4) is 0 Å². The molecular formula is C21H17ClF5N9O. The molecule has 4 aromatic heterocycles. The molecule has 37 heavy (non-hydrogen) atoms. The zero-order valence-electron chi connectivity index (χ0n) is 19.1. The van der Waals surface area contributed by atoms with Crippen LogP contribution in [0, 0.1) is 0 Å². The van der Waals surface area contributed by atoms with Crippen LogP contribution >= 0.6 is 11.6 Å². The zero-order chi connectivity index (χ0) is 26.7. The van der Waals surface area contributed by atoms with Crippen LogP contribution < -0.4 is 10.2 Å². The second-order valence-electron chi connectivity index (χ2n) is 8.49. The van der Waals surface area contributed by atoms with E-state index in [0.717, 1.165) is 39.6 Å². The van der Waals surface area contributed by atoms with Gasteiger partial charge in [-0.3, -0.25) is 4.90 Å². The Morgan fingerprint density at radius 2 is 1.95 bits per heavy atom. The van der Waals surface area contributed by atoms with Crippen LogP contribution in [0.5, 0.6) is 0 Å². The first kappa shape index (κ1) is 24.8. The molecule has 16 heteroatoms. The summed E-state index contributed by atoms with van der Waals surface area (Å²) in [6.07, 6.45) is -3.64. The summed E-state index contributed by atoms with van der Waals surface area (Å²) in [5.74, 6) is -0.244. The Morgan fingerprint density at radius 1 is 1.19 bits per heavy atom. The lowest BCUT2D eigenvalue weighted by molar-refractivity contribution is -0.181. The molecule has 0 bridgehead atoms. The highest BCUT2D eigenvalue weighted by Gasteiger charge is 2.60. The van der Waals surface area contributed by atoms with Crippen molar-refractivity contribution in [1.82, 2.24) is 34.6 Å². The lowest BCUT2D eigenvalue weighted by atomic mass is 9.88. The van der Waals surface area contributed by atoms with Crippen LogP contribution in [0.15, 0.2) is 30.7 Å². The first-order valence-electron chi connectivity index (χ1n) is 10.8. The number of hydrogen-bond donors (Lipinski definition) is 1. The third-order valence-corrected chi connectivity index (χ3v) is 6.25. The summed E-state index contributed by atoms with van der Waals surface area (Å²) in [5.41, 5.74) is -3.11. The second kappa shape index (κ2) is 8.61. The highest BCUT2D eigenvalue weighted by atomic mass is 35.5. The Balaban J connectivity index is 1.51. The molecule has 2 amide bonds. The van der Waals surface area contributed by atoms with Gasteiger partial charge in [-0.05, 0) is 19.4 Å². The number of halogens is 6. The topological polar surface area (TPSA) is 106 Å². The van der Waals surface area contributed by atoms with Gasteiger partial charge in [0, 0.05) is 12.6 Å². The SMILES string of the molecule is CCc1cnn(-c2ncc(NC(=O)N3C[C@@](C)(C(F)(F)F)c4c3cnc3cc(Cl)nn43)cc2C(F)F)n1. The Kier molecular flexibility index (Phi) is 5.77. The molecule has 0 aliphatic carbocycles. The Bertz CT molecular complexity index is 1520. The standard InChI is InChI=1S/C21H17ClF5N9O/c1-3-10-7-30-36(32-10)18-12(17(23)24)4-11(6-29-18)31-19(37)34-9-20(2,21(25,26)27)16-13(34)8-28-15-5-14(22)33-35(15)16/h4-8,17H,3,9H2,1-2H3,(H,31,37)/t20-/m1/s1. The van der Waals surface area contributed by atoms with E-state index in [2.05, 4.69) is 30.6 Å². The summed E-state index contributed by atoms with van der Waals surface area (Å²) in [5, 5.41) is 14.2. The van der Waals surface area contributed by atoms with Crippen molar-refractivity contribution in [1.29, 1.82) is 0 Å². The van der Waals surface area contributed by atoms with Gasteiger partial charge in [-0.2, -0.15) is 28.5 Å². The summed E-state index contributed by atoms with van der Waals surface area (Å²) >= 11 is 5.88. The normalized spacial score (nSPS) is 17.6. The van der Waals surface area contributed by atoms with E-state index < -0.39 is 36.2 Å². The molecule has 0 unspecified atom stereocenters. The molecule has 194 valence electrons. The van der Waals surface area contributed by atoms with Gasteiger partial charge in [-0.15, -0.1) is 4.80 Å². The van der Waals surface area contributed by atoms with Crippen LogP contribution in [-0.2, 0) is 11.8 Å². The minimum atomic E-state index is -4.77. The van der Waals surface area contributed by atoms with Crippen molar-refractivity contribution in [3.05, 3.63) is 52.8 Å². The summed E-state index contributed by atoms with van der Waals surface area (Å²) in [6, 6.07) is 1.25. The number of anilines is 2. The Labute approximate surface area is 210 Å². The monoisotopic (exact) mass is 541 g/mol. The summed E-state index contributed by atoms with van der Waals surface area (Å²) in [6.45, 7) is 1.94. The van der Waals surface area contributed by atoms with Gasteiger partial charge in [0.15, 0.2) is 16.6 Å². The van der Waals surface area contributed by atoms with Gasteiger partial charge >= 0.3 is 12.2 Å². The molecule has 4 aromatic rings. The molecule has 0 fully saturated rings. The predicted molar refractivity (Wildman–Crippen MR) is 121 cm³/mol. The van der Waals surface area contributed by atoms with E-state index in [1.807, 2.05) is 6.92 Å². The van der Waals surface area contributed by atoms with Crippen molar-refractivity contribution >= 4 is 34.7 Å². The first-order chi connectivity index (χ1) is 17.4. The number of carbonyl (C=O) groups excluding carboxylic acids is 1.